The number of halogens is 1. The summed E-state index contributed by atoms with van der Waals surface area (Å²) in [6.07, 6.45) is 0. The molecule has 0 saturated heterocycles. The van der Waals surface area contributed by atoms with Gasteiger partial charge in [-0.1, -0.05) is 29.8 Å². The van der Waals surface area contributed by atoms with Gasteiger partial charge in [0.1, 0.15) is 16.5 Å². The number of benzene rings is 2. The number of thiazole rings is 1. The number of rotatable bonds is 4. The highest BCUT2D eigenvalue weighted by atomic mass is 35.5. The Morgan fingerprint density at radius 3 is 2.83 bits per heavy atom. The molecule has 0 aliphatic carbocycles. The molecule has 0 fully saturated rings. The monoisotopic (exact) mass is 344 g/mol. The second kappa shape index (κ2) is 6.81. The van der Waals surface area contributed by atoms with E-state index in [1.54, 1.807) is 36.8 Å². The Morgan fingerprint density at radius 1 is 1.22 bits per heavy atom. The minimum Gasteiger partial charge on any atom is -0.497 e. The number of carbonyl (C=O) groups excluding carboxylic acids is 1. The number of nitrogens with one attached hydrogen (secondary N) is 1. The van der Waals surface area contributed by atoms with Crippen LogP contribution >= 0.6 is 22.9 Å². The lowest BCUT2D eigenvalue weighted by molar-refractivity contribution is 0.102. The number of methoxy groups -OCH3 is 1. The summed E-state index contributed by atoms with van der Waals surface area (Å²) in [7, 11) is 1.62. The highest BCUT2D eigenvalue weighted by molar-refractivity contribution is 7.13. The zero-order valence-corrected chi connectivity index (χ0v) is 13.8. The van der Waals surface area contributed by atoms with E-state index in [-0.39, 0.29) is 5.91 Å². The van der Waals surface area contributed by atoms with Crippen molar-refractivity contribution in [1.29, 1.82) is 0 Å². The van der Waals surface area contributed by atoms with Crippen molar-refractivity contribution in [2.45, 2.75) is 0 Å². The Labute approximate surface area is 142 Å². The maximum atomic E-state index is 12.3. The summed E-state index contributed by atoms with van der Waals surface area (Å²) in [5.74, 6) is 0.486. The minimum atomic E-state index is -0.266. The molecule has 1 amide bonds. The quantitative estimate of drug-likeness (QED) is 0.744. The standard InChI is InChI=1S/C17H13ClN2O2S/c1-22-14-7-2-4-11(8-14)17-20-15(10-23-17)16(21)19-13-6-3-5-12(18)9-13/h2-10H,1H3,(H,19,21). The van der Waals surface area contributed by atoms with Gasteiger partial charge in [-0.05, 0) is 30.3 Å². The van der Waals surface area contributed by atoms with Crippen LogP contribution in [0, 0.1) is 0 Å². The summed E-state index contributed by atoms with van der Waals surface area (Å²) >= 11 is 7.32. The maximum Gasteiger partial charge on any atom is 0.275 e. The third-order valence-corrected chi connectivity index (χ3v) is 4.26. The summed E-state index contributed by atoms with van der Waals surface area (Å²) in [6, 6.07) is 14.6. The van der Waals surface area contributed by atoms with Crippen LogP contribution in [0.5, 0.6) is 5.75 Å². The smallest absolute Gasteiger partial charge is 0.275 e. The topological polar surface area (TPSA) is 51.2 Å². The molecular formula is C17H13ClN2O2S. The zero-order valence-electron chi connectivity index (χ0n) is 12.2. The molecule has 0 aliphatic rings. The van der Waals surface area contributed by atoms with E-state index in [1.807, 2.05) is 24.3 Å². The van der Waals surface area contributed by atoms with E-state index in [0.717, 1.165) is 16.3 Å². The summed E-state index contributed by atoms with van der Waals surface area (Å²) in [6.45, 7) is 0. The fraction of sp³-hybridized carbons (Fsp3) is 0.0588. The Balaban J connectivity index is 1.79. The first kappa shape index (κ1) is 15.5. The minimum absolute atomic E-state index is 0.266. The molecule has 2 aromatic carbocycles. The van der Waals surface area contributed by atoms with Crippen molar-refractivity contribution in [2.75, 3.05) is 12.4 Å². The molecule has 116 valence electrons. The van der Waals surface area contributed by atoms with Crippen LogP contribution in [0.25, 0.3) is 10.6 Å². The number of hydrogen-bond donors (Lipinski definition) is 1. The van der Waals surface area contributed by atoms with Crippen molar-refractivity contribution in [3.05, 3.63) is 64.6 Å². The van der Waals surface area contributed by atoms with E-state index < -0.39 is 0 Å². The molecule has 23 heavy (non-hydrogen) atoms. The normalized spacial score (nSPS) is 10.3. The van der Waals surface area contributed by atoms with Crippen LogP contribution in [0.4, 0.5) is 5.69 Å². The van der Waals surface area contributed by atoms with Crippen molar-refractivity contribution in [2.24, 2.45) is 0 Å². The fourth-order valence-corrected chi connectivity index (χ4v) is 3.02. The number of hydrogen-bond acceptors (Lipinski definition) is 4. The van der Waals surface area contributed by atoms with E-state index in [4.69, 9.17) is 16.3 Å². The number of ether oxygens (including phenoxy) is 1. The molecule has 0 saturated carbocycles. The number of anilines is 1. The number of nitrogens with zero attached hydrogens (tertiary/aromatic N) is 1. The first-order valence-corrected chi connectivity index (χ1v) is 8.08. The summed E-state index contributed by atoms with van der Waals surface area (Å²) in [5, 5.41) is 5.85. The molecule has 0 bridgehead atoms. The lowest BCUT2D eigenvalue weighted by atomic mass is 10.2. The third-order valence-electron chi connectivity index (χ3n) is 3.14. The van der Waals surface area contributed by atoms with E-state index in [0.29, 0.717) is 16.4 Å². The molecule has 6 heteroatoms. The second-order valence-electron chi connectivity index (χ2n) is 4.73. The summed E-state index contributed by atoms with van der Waals surface area (Å²) < 4.78 is 5.21. The van der Waals surface area contributed by atoms with Crippen LogP contribution in [0.15, 0.2) is 53.9 Å². The lowest BCUT2D eigenvalue weighted by Gasteiger charge is -2.03. The van der Waals surface area contributed by atoms with Crippen LogP contribution in [0.3, 0.4) is 0 Å². The summed E-state index contributed by atoms with van der Waals surface area (Å²) in [5.41, 5.74) is 1.92. The van der Waals surface area contributed by atoms with Crippen molar-refractivity contribution >= 4 is 34.5 Å². The molecule has 3 aromatic rings. The molecule has 0 spiro atoms. The van der Waals surface area contributed by atoms with Crippen LogP contribution < -0.4 is 10.1 Å². The van der Waals surface area contributed by atoms with Gasteiger partial charge >= 0.3 is 0 Å². The average molecular weight is 345 g/mol. The average Bonchev–Trinajstić information content (AvgIpc) is 3.05. The predicted octanol–water partition coefficient (Wildman–Crippen LogP) is 4.72. The van der Waals surface area contributed by atoms with Crippen molar-refractivity contribution in [1.82, 2.24) is 4.98 Å². The first-order chi connectivity index (χ1) is 11.2. The number of aromatic nitrogens is 1. The van der Waals surface area contributed by atoms with E-state index in [2.05, 4.69) is 10.3 Å². The number of amides is 1. The van der Waals surface area contributed by atoms with Gasteiger partial charge in [0.15, 0.2) is 0 Å². The van der Waals surface area contributed by atoms with Crippen LogP contribution in [0.2, 0.25) is 5.02 Å². The molecule has 1 N–H and O–H groups in total. The van der Waals surface area contributed by atoms with E-state index in [9.17, 15) is 4.79 Å². The van der Waals surface area contributed by atoms with Crippen LogP contribution in [-0.2, 0) is 0 Å². The molecule has 0 radical (unpaired) electrons. The summed E-state index contributed by atoms with van der Waals surface area (Å²) in [4.78, 5) is 16.7. The van der Waals surface area contributed by atoms with Gasteiger partial charge in [0.25, 0.3) is 5.91 Å². The van der Waals surface area contributed by atoms with Crippen molar-refractivity contribution in [3.63, 3.8) is 0 Å². The van der Waals surface area contributed by atoms with Gasteiger partial charge in [-0.15, -0.1) is 11.3 Å². The SMILES string of the molecule is COc1cccc(-c2nc(C(=O)Nc3cccc(Cl)c3)cs2)c1. The zero-order chi connectivity index (χ0) is 16.2. The molecule has 4 nitrogen and oxygen atoms in total. The van der Waals surface area contributed by atoms with Gasteiger partial charge in [0, 0.05) is 21.7 Å². The molecular weight excluding hydrogens is 332 g/mol. The Morgan fingerprint density at radius 2 is 2.04 bits per heavy atom. The van der Waals surface area contributed by atoms with Gasteiger partial charge < -0.3 is 10.1 Å². The van der Waals surface area contributed by atoms with Crippen molar-refractivity contribution in [3.8, 4) is 16.3 Å². The lowest BCUT2D eigenvalue weighted by Crippen LogP contribution is -2.12. The van der Waals surface area contributed by atoms with Gasteiger partial charge in [-0.2, -0.15) is 0 Å². The van der Waals surface area contributed by atoms with Gasteiger partial charge in [-0.3, -0.25) is 4.79 Å². The molecule has 0 aliphatic heterocycles. The van der Waals surface area contributed by atoms with Gasteiger partial charge in [-0.25, -0.2) is 4.98 Å². The molecule has 0 atom stereocenters. The molecule has 3 rings (SSSR count). The van der Waals surface area contributed by atoms with E-state index in [1.165, 1.54) is 11.3 Å². The van der Waals surface area contributed by atoms with Crippen LogP contribution in [0.1, 0.15) is 10.5 Å². The third kappa shape index (κ3) is 3.70. The molecule has 1 aromatic heterocycles. The van der Waals surface area contributed by atoms with E-state index >= 15 is 0 Å². The van der Waals surface area contributed by atoms with Gasteiger partial charge in [0.2, 0.25) is 0 Å². The Kier molecular flexibility index (Phi) is 4.60. The van der Waals surface area contributed by atoms with Crippen LogP contribution in [-0.4, -0.2) is 18.0 Å². The van der Waals surface area contributed by atoms with Crippen molar-refractivity contribution < 1.29 is 9.53 Å². The van der Waals surface area contributed by atoms with Gasteiger partial charge in [0.05, 0.1) is 7.11 Å². The molecule has 1 heterocycles. The first-order valence-electron chi connectivity index (χ1n) is 6.82. The highest BCUT2D eigenvalue weighted by Gasteiger charge is 2.12. The molecule has 0 unspecified atom stereocenters. The predicted molar refractivity (Wildman–Crippen MR) is 93.5 cm³/mol. The Hall–Kier alpha value is -2.37. The number of carbonyl (C=O) groups is 1. The maximum absolute atomic E-state index is 12.3. The largest absolute Gasteiger partial charge is 0.497 e. The highest BCUT2D eigenvalue weighted by Crippen LogP contribution is 2.27. The fourth-order valence-electron chi connectivity index (χ4n) is 2.03. The Bertz CT molecular complexity index is 848. The second-order valence-corrected chi connectivity index (χ2v) is 6.03.